The Labute approximate surface area is 121 Å². The number of benzene rings is 2. The second-order valence-corrected chi connectivity index (χ2v) is 4.53. The van der Waals surface area contributed by atoms with Crippen LogP contribution in [0.3, 0.4) is 0 Å². The maximum atomic E-state index is 13.9. The molecule has 0 amide bonds. The number of hydrogen-bond acceptors (Lipinski definition) is 4. The van der Waals surface area contributed by atoms with Crippen molar-refractivity contribution in [3.63, 3.8) is 0 Å². The highest BCUT2D eigenvalue weighted by atomic mass is 35.5. The van der Waals surface area contributed by atoms with Gasteiger partial charge in [0, 0.05) is 0 Å². The third kappa shape index (κ3) is 2.88. The van der Waals surface area contributed by atoms with Gasteiger partial charge in [0.2, 0.25) is 0 Å². The van der Waals surface area contributed by atoms with Crippen LogP contribution in [0.25, 0.3) is 0 Å². The van der Waals surface area contributed by atoms with E-state index in [9.17, 15) is 4.39 Å². The molecule has 0 bridgehead atoms. The van der Waals surface area contributed by atoms with Crippen molar-refractivity contribution in [2.75, 3.05) is 18.6 Å². The van der Waals surface area contributed by atoms with Crippen LogP contribution in [0.15, 0.2) is 30.3 Å². The summed E-state index contributed by atoms with van der Waals surface area (Å²) in [7, 11) is 1.57. The molecule has 2 aromatic rings. The molecule has 0 saturated heterocycles. The smallest absolute Gasteiger partial charge is 0.187 e. The Morgan fingerprint density at radius 2 is 1.95 bits per heavy atom. The molecule has 6 heteroatoms. The molecule has 0 aromatic heterocycles. The molecule has 0 spiro atoms. The van der Waals surface area contributed by atoms with Gasteiger partial charge in [0.15, 0.2) is 11.6 Å². The Kier molecular flexibility index (Phi) is 4.20. The van der Waals surface area contributed by atoms with E-state index in [4.69, 9.17) is 32.5 Å². The molecule has 20 heavy (non-hydrogen) atoms. The van der Waals surface area contributed by atoms with Crippen LogP contribution in [0.4, 0.5) is 15.8 Å². The first-order chi connectivity index (χ1) is 9.52. The first kappa shape index (κ1) is 14.3. The lowest BCUT2D eigenvalue weighted by atomic mass is 10.2. The number of nitrogen functional groups attached to an aromatic ring is 2. The zero-order chi connectivity index (χ0) is 14.7. The van der Waals surface area contributed by atoms with Crippen molar-refractivity contribution < 1.29 is 13.9 Å². The zero-order valence-electron chi connectivity index (χ0n) is 10.8. The average Bonchev–Trinajstić information content (AvgIpc) is 2.45. The summed E-state index contributed by atoms with van der Waals surface area (Å²) in [4.78, 5) is 0. The largest absolute Gasteiger partial charge is 0.497 e. The molecule has 2 aromatic carbocycles. The minimum Gasteiger partial charge on any atom is -0.497 e. The van der Waals surface area contributed by atoms with Crippen molar-refractivity contribution in [1.82, 2.24) is 0 Å². The molecule has 0 fully saturated rings. The van der Waals surface area contributed by atoms with Gasteiger partial charge in [-0.15, -0.1) is 0 Å². The average molecular weight is 297 g/mol. The fourth-order valence-corrected chi connectivity index (χ4v) is 1.85. The van der Waals surface area contributed by atoms with Gasteiger partial charge in [-0.2, -0.15) is 0 Å². The lowest BCUT2D eigenvalue weighted by Crippen LogP contribution is -2.03. The molecular weight excluding hydrogens is 283 g/mol. The van der Waals surface area contributed by atoms with Crippen LogP contribution in [0.2, 0.25) is 5.02 Å². The van der Waals surface area contributed by atoms with E-state index >= 15 is 0 Å². The van der Waals surface area contributed by atoms with Crippen LogP contribution in [-0.4, -0.2) is 7.11 Å². The van der Waals surface area contributed by atoms with E-state index in [-0.39, 0.29) is 28.8 Å². The molecule has 0 aliphatic carbocycles. The van der Waals surface area contributed by atoms with Crippen molar-refractivity contribution in [1.29, 1.82) is 0 Å². The number of ether oxygens (including phenoxy) is 2. The number of methoxy groups -OCH3 is 1. The van der Waals surface area contributed by atoms with Gasteiger partial charge in [-0.25, -0.2) is 4.39 Å². The summed E-state index contributed by atoms with van der Waals surface area (Å²) in [5.74, 6) is -0.172. The van der Waals surface area contributed by atoms with E-state index in [0.717, 1.165) is 5.56 Å². The van der Waals surface area contributed by atoms with Gasteiger partial charge < -0.3 is 20.9 Å². The Bertz CT molecular complexity index is 635. The van der Waals surface area contributed by atoms with Crippen molar-refractivity contribution in [2.45, 2.75) is 6.61 Å². The molecule has 4 nitrogen and oxygen atoms in total. The minimum absolute atomic E-state index is 0.0791. The molecule has 106 valence electrons. The summed E-state index contributed by atoms with van der Waals surface area (Å²) in [5, 5.41) is -0.195. The SMILES string of the molecule is COc1cccc(COc2c(N)cc(N)c(Cl)c2F)c1. The zero-order valence-corrected chi connectivity index (χ0v) is 11.6. The standard InChI is InChI=1S/C14H14ClFN2O2/c1-19-9-4-2-3-8(5-9)7-20-14-11(18)6-10(17)12(15)13(14)16/h2-6H,7,17-18H2,1H3. The molecule has 0 radical (unpaired) electrons. The number of rotatable bonds is 4. The number of nitrogens with two attached hydrogens (primary N) is 2. The molecule has 0 aliphatic rings. The Hall–Kier alpha value is -2.14. The Morgan fingerprint density at radius 1 is 1.20 bits per heavy atom. The van der Waals surface area contributed by atoms with E-state index in [1.54, 1.807) is 19.2 Å². The summed E-state index contributed by atoms with van der Waals surface area (Å²) < 4.78 is 24.4. The summed E-state index contributed by atoms with van der Waals surface area (Å²) in [6.45, 7) is 0.137. The van der Waals surface area contributed by atoms with Crippen molar-refractivity contribution in [3.8, 4) is 11.5 Å². The molecule has 0 aliphatic heterocycles. The van der Waals surface area contributed by atoms with Gasteiger partial charge in [-0.1, -0.05) is 23.7 Å². The van der Waals surface area contributed by atoms with Crippen LogP contribution >= 0.6 is 11.6 Å². The predicted octanol–water partition coefficient (Wildman–Crippen LogP) is 3.23. The van der Waals surface area contributed by atoms with Crippen molar-refractivity contribution in [2.24, 2.45) is 0 Å². The lowest BCUT2D eigenvalue weighted by molar-refractivity contribution is 0.291. The van der Waals surface area contributed by atoms with Gasteiger partial charge in [0.25, 0.3) is 0 Å². The number of hydrogen-bond donors (Lipinski definition) is 2. The molecule has 0 saturated carbocycles. The van der Waals surface area contributed by atoms with E-state index in [1.807, 2.05) is 12.1 Å². The Balaban J connectivity index is 2.21. The number of halogens is 2. The molecular formula is C14H14ClFN2O2. The van der Waals surface area contributed by atoms with Gasteiger partial charge in [-0.3, -0.25) is 0 Å². The van der Waals surface area contributed by atoms with E-state index in [2.05, 4.69) is 0 Å². The quantitative estimate of drug-likeness (QED) is 0.850. The van der Waals surface area contributed by atoms with Crippen LogP contribution in [0.1, 0.15) is 5.56 Å². The fourth-order valence-electron chi connectivity index (χ4n) is 1.71. The maximum absolute atomic E-state index is 13.9. The molecule has 0 heterocycles. The topological polar surface area (TPSA) is 70.5 Å². The minimum atomic E-state index is -0.757. The van der Waals surface area contributed by atoms with Crippen molar-refractivity contribution in [3.05, 3.63) is 46.7 Å². The summed E-state index contributed by atoms with van der Waals surface area (Å²) in [5.41, 5.74) is 12.2. The van der Waals surface area contributed by atoms with Gasteiger partial charge in [0.05, 0.1) is 18.5 Å². The van der Waals surface area contributed by atoms with E-state index in [0.29, 0.717) is 5.75 Å². The third-order valence-electron chi connectivity index (χ3n) is 2.74. The lowest BCUT2D eigenvalue weighted by Gasteiger charge is -2.12. The summed E-state index contributed by atoms with van der Waals surface area (Å²) >= 11 is 5.73. The van der Waals surface area contributed by atoms with E-state index < -0.39 is 5.82 Å². The highest BCUT2D eigenvalue weighted by Crippen LogP contribution is 2.35. The monoisotopic (exact) mass is 296 g/mol. The summed E-state index contributed by atoms with van der Waals surface area (Å²) in [6.07, 6.45) is 0. The first-order valence-corrected chi connectivity index (χ1v) is 6.19. The maximum Gasteiger partial charge on any atom is 0.187 e. The third-order valence-corrected chi connectivity index (χ3v) is 3.12. The van der Waals surface area contributed by atoms with Crippen LogP contribution < -0.4 is 20.9 Å². The predicted molar refractivity (Wildman–Crippen MR) is 77.6 cm³/mol. The normalized spacial score (nSPS) is 10.3. The van der Waals surface area contributed by atoms with Crippen LogP contribution in [0.5, 0.6) is 11.5 Å². The Morgan fingerprint density at radius 3 is 2.65 bits per heavy atom. The second-order valence-electron chi connectivity index (χ2n) is 4.15. The first-order valence-electron chi connectivity index (χ1n) is 5.81. The van der Waals surface area contributed by atoms with Gasteiger partial charge in [0.1, 0.15) is 17.4 Å². The number of anilines is 2. The second kappa shape index (κ2) is 5.88. The van der Waals surface area contributed by atoms with Gasteiger partial charge in [-0.05, 0) is 23.8 Å². The van der Waals surface area contributed by atoms with Crippen LogP contribution in [0, 0.1) is 5.82 Å². The summed E-state index contributed by atoms with van der Waals surface area (Å²) in [6, 6.07) is 8.60. The molecule has 4 N–H and O–H groups in total. The van der Waals surface area contributed by atoms with E-state index in [1.165, 1.54) is 6.07 Å². The highest BCUT2D eigenvalue weighted by Gasteiger charge is 2.15. The van der Waals surface area contributed by atoms with Crippen molar-refractivity contribution >= 4 is 23.0 Å². The molecule has 2 rings (SSSR count). The molecule has 0 atom stereocenters. The van der Waals surface area contributed by atoms with Gasteiger partial charge >= 0.3 is 0 Å². The van der Waals surface area contributed by atoms with Crippen LogP contribution in [-0.2, 0) is 6.61 Å². The molecule has 0 unspecified atom stereocenters. The highest BCUT2D eigenvalue weighted by molar-refractivity contribution is 6.33. The fraction of sp³-hybridized carbons (Fsp3) is 0.143.